The van der Waals surface area contributed by atoms with Gasteiger partial charge in [-0.3, -0.25) is 5.41 Å². The molecule has 0 aliphatic rings. The largest absolute Gasteiger partial charge is 0.379 e. The molecule has 0 rings (SSSR count). The van der Waals surface area contributed by atoms with E-state index in [2.05, 4.69) is 20.8 Å². The fourth-order valence-electron chi connectivity index (χ4n) is 0.951. The molecule has 0 saturated heterocycles. The fraction of sp³-hybridized carbons (Fsp3) is 0.857. The second-order valence-corrected chi connectivity index (χ2v) is 4.73. The fourth-order valence-corrected chi connectivity index (χ4v) is 1.85. The molecule has 3 N–H and O–H groups in total. The molecule has 0 bridgehead atoms. The van der Waals surface area contributed by atoms with E-state index in [-0.39, 0.29) is 9.91 Å². The summed E-state index contributed by atoms with van der Waals surface area (Å²) in [7, 11) is 0. The maximum atomic E-state index is 7.07. The Morgan fingerprint density at radius 3 is 2.40 bits per heavy atom. The molecule has 0 heterocycles. The van der Waals surface area contributed by atoms with E-state index in [0.29, 0.717) is 0 Å². The van der Waals surface area contributed by atoms with Crippen molar-refractivity contribution in [3.8, 4) is 0 Å². The van der Waals surface area contributed by atoms with Crippen molar-refractivity contribution in [2.24, 2.45) is 5.73 Å². The normalized spacial score (nSPS) is 11.5. The quantitative estimate of drug-likeness (QED) is 0.491. The van der Waals surface area contributed by atoms with Gasteiger partial charge in [0.25, 0.3) is 0 Å². The van der Waals surface area contributed by atoms with Crippen LogP contribution in [0, 0.1) is 5.41 Å². The third-order valence-electron chi connectivity index (χ3n) is 1.24. The number of rotatable bonds is 3. The molecular formula is C7H16N2S. The zero-order valence-electron chi connectivity index (χ0n) is 6.90. The van der Waals surface area contributed by atoms with Gasteiger partial charge in [-0.2, -0.15) is 0 Å². The van der Waals surface area contributed by atoms with Crippen molar-refractivity contribution in [3.63, 3.8) is 0 Å². The van der Waals surface area contributed by atoms with Crippen LogP contribution in [0.5, 0.6) is 0 Å². The Morgan fingerprint density at radius 2 is 2.10 bits per heavy atom. The van der Waals surface area contributed by atoms with Gasteiger partial charge in [-0.1, -0.05) is 39.0 Å². The average molecular weight is 160 g/mol. The lowest BCUT2D eigenvalue weighted by Crippen LogP contribution is -2.20. The van der Waals surface area contributed by atoms with Gasteiger partial charge in [0, 0.05) is 4.75 Å². The zero-order chi connectivity index (χ0) is 8.20. The van der Waals surface area contributed by atoms with Gasteiger partial charge in [0.05, 0.1) is 0 Å². The van der Waals surface area contributed by atoms with Crippen LogP contribution in [0.3, 0.4) is 0 Å². The lowest BCUT2D eigenvalue weighted by Gasteiger charge is -2.21. The summed E-state index contributed by atoms with van der Waals surface area (Å²) in [6.45, 7) is 6.37. The molecule has 0 aromatic carbocycles. The van der Waals surface area contributed by atoms with Crippen molar-refractivity contribution < 1.29 is 0 Å². The molecule has 10 heavy (non-hydrogen) atoms. The summed E-state index contributed by atoms with van der Waals surface area (Å²) < 4.78 is 0.139. The first kappa shape index (κ1) is 9.82. The van der Waals surface area contributed by atoms with Gasteiger partial charge in [-0.25, -0.2) is 0 Å². The van der Waals surface area contributed by atoms with Gasteiger partial charge < -0.3 is 5.73 Å². The highest BCUT2D eigenvalue weighted by Gasteiger charge is 2.17. The second kappa shape index (κ2) is 3.86. The standard InChI is InChI=1S/C7H16N2S/c1-4-5-7(2,3)10-6(8)9/h4-5H2,1-3H3,(H3,8,9). The molecule has 0 atom stereocenters. The Morgan fingerprint density at radius 1 is 1.60 bits per heavy atom. The Labute approximate surface area is 67.1 Å². The first-order chi connectivity index (χ1) is 4.48. The van der Waals surface area contributed by atoms with E-state index in [9.17, 15) is 0 Å². The summed E-state index contributed by atoms with van der Waals surface area (Å²) >= 11 is 1.44. The molecule has 2 nitrogen and oxygen atoms in total. The van der Waals surface area contributed by atoms with Gasteiger partial charge in [0.2, 0.25) is 0 Å². The van der Waals surface area contributed by atoms with Gasteiger partial charge >= 0.3 is 0 Å². The van der Waals surface area contributed by atoms with Gasteiger partial charge in [0.15, 0.2) is 5.17 Å². The molecule has 0 spiro atoms. The van der Waals surface area contributed by atoms with Gasteiger partial charge in [0.1, 0.15) is 0 Å². The van der Waals surface area contributed by atoms with Crippen molar-refractivity contribution in [2.45, 2.75) is 38.4 Å². The Bertz CT molecular complexity index is 121. The molecule has 0 fully saturated rings. The number of nitrogens with one attached hydrogen (secondary N) is 1. The molecule has 0 aliphatic carbocycles. The van der Waals surface area contributed by atoms with Crippen LogP contribution in [0.15, 0.2) is 0 Å². The minimum absolute atomic E-state index is 0.139. The van der Waals surface area contributed by atoms with Crippen LogP contribution in [0.25, 0.3) is 0 Å². The van der Waals surface area contributed by atoms with Gasteiger partial charge in [-0.05, 0) is 6.42 Å². The lowest BCUT2D eigenvalue weighted by atomic mass is 10.1. The molecular weight excluding hydrogens is 144 g/mol. The first-order valence-corrected chi connectivity index (χ1v) is 4.32. The molecule has 60 valence electrons. The summed E-state index contributed by atoms with van der Waals surface area (Å²) in [6, 6.07) is 0. The molecule has 0 amide bonds. The van der Waals surface area contributed by atoms with E-state index in [1.165, 1.54) is 11.8 Å². The third-order valence-corrected chi connectivity index (χ3v) is 2.21. The van der Waals surface area contributed by atoms with E-state index in [0.717, 1.165) is 12.8 Å². The Balaban J connectivity index is 3.74. The number of thioether (sulfide) groups is 1. The summed E-state index contributed by atoms with van der Waals surface area (Å²) in [4.78, 5) is 0. The van der Waals surface area contributed by atoms with Crippen LogP contribution in [0.2, 0.25) is 0 Å². The van der Waals surface area contributed by atoms with Crippen LogP contribution in [0.1, 0.15) is 33.6 Å². The summed E-state index contributed by atoms with van der Waals surface area (Å²) in [5, 5.41) is 7.29. The highest BCUT2D eigenvalue weighted by molar-refractivity contribution is 8.14. The minimum Gasteiger partial charge on any atom is -0.379 e. The van der Waals surface area contributed by atoms with Crippen LogP contribution < -0.4 is 5.73 Å². The SMILES string of the molecule is CCCC(C)(C)SC(=N)N. The minimum atomic E-state index is 0.139. The number of amidine groups is 1. The predicted molar refractivity (Wildman–Crippen MR) is 48.5 cm³/mol. The third kappa shape index (κ3) is 4.68. The predicted octanol–water partition coefficient (Wildman–Crippen LogP) is 2.19. The molecule has 0 aliphatic heterocycles. The molecule has 0 aromatic rings. The van der Waals surface area contributed by atoms with Gasteiger partial charge in [-0.15, -0.1) is 0 Å². The van der Waals surface area contributed by atoms with Crippen molar-refractivity contribution >= 4 is 16.9 Å². The summed E-state index contributed by atoms with van der Waals surface area (Å²) in [5.74, 6) is 0. The molecule has 0 aromatic heterocycles. The first-order valence-electron chi connectivity index (χ1n) is 3.51. The van der Waals surface area contributed by atoms with E-state index < -0.39 is 0 Å². The number of hydrogen-bond donors (Lipinski definition) is 2. The Kier molecular flexibility index (Phi) is 3.79. The van der Waals surface area contributed by atoms with Crippen molar-refractivity contribution in [3.05, 3.63) is 0 Å². The van der Waals surface area contributed by atoms with Crippen LogP contribution >= 0.6 is 11.8 Å². The van der Waals surface area contributed by atoms with E-state index in [1.54, 1.807) is 0 Å². The monoisotopic (exact) mass is 160 g/mol. The molecule has 0 radical (unpaired) electrons. The number of hydrogen-bond acceptors (Lipinski definition) is 2. The van der Waals surface area contributed by atoms with Crippen molar-refractivity contribution in [2.75, 3.05) is 0 Å². The highest BCUT2D eigenvalue weighted by atomic mass is 32.2. The van der Waals surface area contributed by atoms with Crippen molar-refractivity contribution in [1.29, 1.82) is 5.41 Å². The van der Waals surface area contributed by atoms with E-state index >= 15 is 0 Å². The molecule has 3 heteroatoms. The van der Waals surface area contributed by atoms with Crippen molar-refractivity contribution in [1.82, 2.24) is 0 Å². The lowest BCUT2D eigenvalue weighted by molar-refractivity contribution is 0.630. The number of nitrogens with two attached hydrogens (primary N) is 1. The van der Waals surface area contributed by atoms with E-state index in [1.807, 2.05) is 0 Å². The molecule has 0 unspecified atom stereocenters. The summed E-state index contributed by atoms with van der Waals surface area (Å²) in [6.07, 6.45) is 2.25. The highest BCUT2D eigenvalue weighted by Crippen LogP contribution is 2.28. The van der Waals surface area contributed by atoms with Crippen LogP contribution in [-0.4, -0.2) is 9.91 Å². The smallest absolute Gasteiger partial charge is 0.151 e. The second-order valence-electron chi connectivity index (χ2n) is 2.98. The summed E-state index contributed by atoms with van der Waals surface area (Å²) in [5.41, 5.74) is 5.26. The van der Waals surface area contributed by atoms with Crippen LogP contribution in [0.4, 0.5) is 0 Å². The topological polar surface area (TPSA) is 49.9 Å². The average Bonchev–Trinajstić information content (AvgIpc) is 1.59. The van der Waals surface area contributed by atoms with Crippen LogP contribution in [-0.2, 0) is 0 Å². The zero-order valence-corrected chi connectivity index (χ0v) is 7.72. The Hall–Kier alpha value is -0.180. The maximum absolute atomic E-state index is 7.07. The maximum Gasteiger partial charge on any atom is 0.151 e. The molecule has 0 saturated carbocycles. The van der Waals surface area contributed by atoms with E-state index in [4.69, 9.17) is 11.1 Å².